The average Bonchev–Trinajstić information content (AvgIpc) is 2.57. The van der Waals surface area contributed by atoms with Crippen LogP contribution in [0.3, 0.4) is 0 Å². The van der Waals surface area contributed by atoms with Crippen LogP contribution in [-0.4, -0.2) is 11.8 Å². The van der Waals surface area contributed by atoms with Crippen LogP contribution in [0.25, 0.3) is 0 Å². The predicted octanol–water partition coefficient (Wildman–Crippen LogP) is 4.58. The summed E-state index contributed by atoms with van der Waals surface area (Å²) in [6.07, 6.45) is 0.0433. The first-order valence-electron chi connectivity index (χ1n) is 8.03. The third-order valence-corrected chi connectivity index (χ3v) is 4.47. The average molecular weight is 397 g/mol. The van der Waals surface area contributed by atoms with E-state index >= 15 is 0 Å². The van der Waals surface area contributed by atoms with Gasteiger partial charge in [0.2, 0.25) is 11.8 Å². The van der Waals surface area contributed by atoms with Gasteiger partial charge in [-0.2, -0.15) is 0 Å². The molecule has 0 radical (unpaired) electrons. The number of carbonyl (C=O) groups is 2. The third kappa shape index (κ3) is 5.44. The lowest BCUT2D eigenvalue weighted by atomic mass is 10.0. The van der Waals surface area contributed by atoms with Gasteiger partial charge in [-0.05, 0) is 30.2 Å². The van der Waals surface area contributed by atoms with Gasteiger partial charge in [0, 0.05) is 11.9 Å². The fourth-order valence-corrected chi connectivity index (χ4v) is 3.16. The topological polar surface area (TPSA) is 58.2 Å². The Morgan fingerprint density at radius 3 is 2.35 bits per heavy atom. The summed E-state index contributed by atoms with van der Waals surface area (Å²) in [5, 5.41) is 5.73. The molecule has 0 spiro atoms. The van der Waals surface area contributed by atoms with Gasteiger partial charge in [-0.1, -0.05) is 53.5 Å². The molecule has 2 amide bonds. The summed E-state index contributed by atoms with van der Waals surface area (Å²) in [5.74, 6) is -1.14. The number of rotatable bonds is 6. The summed E-state index contributed by atoms with van der Waals surface area (Å²) < 4.78 is 13.7. The molecule has 4 nitrogen and oxygen atoms in total. The van der Waals surface area contributed by atoms with Gasteiger partial charge in [-0.25, -0.2) is 4.39 Å². The van der Waals surface area contributed by atoms with Gasteiger partial charge in [-0.15, -0.1) is 0 Å². The molecule has 0 aliphatic carbocycles. The molecule has 7 heteroatoms. The quantitative estimate of drug-likeness (QED) is 0.702. The maximum Gasteiger partial charge on any atom is 0.222 e. The molecule has 2 N–H and O–H groups in total. The van der Waals surface area contributed by atoms with E-state index in [1.165, 1.54) is 19.1 Å². The lowest BCUT2D eigenvalue weighted by Crippen LogP contribution is -2.33. The predicted molar refractivity (Wildman–Crippen MR) is 101 cm³/mol. The van der Waals surface area contributed by atoms with Crippen LogP contribution in [0.4, 0.5) is 4.39 Å². The molecule has 0 aromatic heterocycles. The van der Waals surface area contributed by atoms with Gasteiger partial charge < -0.3 is 10.6 Å². The molecule has 0 aliphatic rings. The van der Waals surface area contributed by atoms with Gasteiger partial charge >= 0.3 is 0 Å². The minimum atomic E-state index is -0.604. The Labute approximate surface area is 161 Å². The van der Waals surface area contributed by atoms with Crippen molar-refractivity contribution in [3.8, 4) is 0 Å². The fraction of sp³-hybridized carbons (Fsp3) is 0.263. The molecule has 0 heterocycles. The zero-order valence-corrected chi connectivity index (χ0v) is 15.9. The smallest absolute Gasteiger partial charge is 0.222 e. The van der Waals surface area contributed by atoms with Crippen molar-refractivity contribution in [2.75, 3.05) is 0 Å². The molecule has 138 valence electrons. The van der Waals surface area contributed by atoms with Gasteiger partial charge in [-0.3, -0.25) is 9.59 Å². The lowest BCUT2D eigenvalue weighted by Gasteiger charge is -2.21. The number of amides is 2. The van der Waals surface area contributed by atoms with E-state index in [1.807, 2.05) is 30.3 Å². The first-order chi connectivity index (χ1) is 12.3. The van der Waals surface area contributed by atoms with Crippen molar-refractivity contribution < 1.29 is 14.0 Å². The Kier molecular flexibility index (Phi) is 7.00. The highest BCUT2D eigenvalue weighted by molar-refractivity contribution is 6.35. The molecule has 26 heavy (non-hydrogen) atoms. The van der Waals surface area contributed by atoms with Crippen molar-refractivity contribution in [3.63, 3.8) is 0 Å². The molecule has 0 saturated carbocycles. The number of halogens is 3. The minimum absolute atomic E-state index is 0.0433. The largest absolute Gasteiger partial charge is 0.349 e. The SMILES string of the molecule is CC(=O)N[C@H](CC(=O)N[C@H](C)c1cc(F)c(Cl)cc1Cl)c1ccccc1. The zero-order valence-electron chi connectivity index (χ0n) is 14.4. The molecule has 2 atom stereocenters. The van der Waals surface area contributed by atoms with E-state index in [4.69, 9.17) is 23.2 Å². The van der Waals surface area contributed by atoms with E-state index < -0.39 is 17.9 Å². The van der Waals surface area contributed by atoms with Crippen LogP contribution in [0, 0.1) is 5.82 Å². The molecular weight excluding hydrogens is 378 g/mol. The van der Waals surface area contributed by atoms with E-state index in [0.717, 1.165) is 5.56 Å². The summed E-state index contributed by atoms with van der Waals surface area (Å²) in [5.41, 5.74) is 1.25. The van der Waals surface area contributed by atoms with Crippen molar-refractivity contribution in [3.05, 3.63) is 69.5 Å². The van der Waals surface area contributed by atoms with Crippen LogP contribution in [0.15, 0.2) is 42.5 Å². The maximum absolute atomic E-state index is 13.7. The van der Waals surface area contributed by atoms with Gasteiger partial charge in [0.15, 0.2) is 0 Å². The van der Waals surface area contributed by atoms with Crippen molar-refractivity contribution in [2.24, 2.45) is 0 Å². The highest BCUT2D eigenvalue weighted by Crippen LogP contribution is 2.29. The Morgan fingerprint density at radius 2 is 1.73 bits per heavy atom. The van der Waals surface area contributed by atoms with Gasteiger partial charge in [0.05, 0.1) is 23.5 Å². The third-order valence-electron chi connectivity index (χ3n) is 3.85. The molecule has 2 rings (SSSR count). The lowest BCUT2D eigenvalue weighted by molar-refractivity contribution is -0.123. The Hall–Kier alpha value is -2.11. The van der Waals surface area contributed by atoms with Gasteiger partial charge in [0.1, 0.15) is 5.82 Å². The molecule has 2 aromatic rings. The maximum atomic E-state index is 13.7. The normalized spacial score (nSPS) is 13.0. The van der Waals surface area contributed by atoms with E-state index in [0.29, 0.717) is 5.56 Å². The van der Waals surface area contributed by atoms with Crippen LogP contribution in [0.2, 0.25) is 10.0 Å². The molecule has 2 aromatic carbocycles. The Bertz CT molecular complexity index is 800. The first kappa shape index (κ1) is 20.2. The molecule has 0 unspecified atom stereocenters. The summed E-state index contributed by atoms with van der Waals surface area (Å²) in [6, 6.07) is 10.7. The fourth-order valence-electron chi connectivity index (χ4n) is 2.62. The number of benzene rings is 2. The van der Waals surface area contributed by atoms with E-state index in [1.54, 1.807) is 6.92 Å². The van der Waals surface area contributed by atoms with Crippen LogP contribution in [-0.2, 0) is 9.59 Å². The molecular formula is C19H19Cl2FN2O2. The van der Waals surface area contributed by atoms with Crippen molar-refractivity contribution >= 4 is 35.0 Å². The molecule has 0 aliphatic heterocycles. The molecule has 0 saturated heterocycles. The van der Waals surface area contributed by atoms with Crippen molar-refractivity contribution in [2.45, 2.75) is 32.4 Å². The van der Waals surface area contributed by atoms with Crippen LogP contribution in [0.1, 0.15) is 43.5 Å². The first-order valence-corrected chi connectivity index (χ1v) is 8.79. The van der Waals surface area contributed by atoms with E-state index in [-0.39, 0.29) is 28.3 Å². The monoisotopic (exact) mass is 396 g/mol. The highest BCUT2D eigenvalue weighted by atomic mass is 35.5. The van der Waals surface area contributed by atoms with Crippen molar-refractivity contribution in [1.82, 2.24) is 10.6 Å². The van der Waals surface area contributed by atoms with Gasteiger partial charge in [0.25, 0.3) is 0 Å². The highest BCUT2D eigenvalue weighted by Gasteiger charge is 2.20. The Balaban J connectivity index is 2.10. The summed E-state index contributed by atoms with van der Waals surface area (Å²) in [6.45, 7) is 3.09. The number of carbonyl (C=O) groups excluding carboxylic acids is 2. The zero-order chi connectivity index (χ0) is 19.3. The minimum Gasteiger partial charge on any atom is -0.349 e. The Morgan fingerprint density at radius 1 is 1.08 bits per heavy atom. The van der Waals surface area contributed by atoms with Crippen molar-refractivity contribution in [1.29, 1.82) is 0 Å². The van der Waals surface area contributed by atoms with E-state index in [2.05, 4.69) is 10.6 Å². The summed E-state index contributed by atoms with van der Waals surface area (Å²) >= 11 is 11.8. The second kappa shape index (κ2) is 9.01. The summed E-state index contributed by atoms with van der Waals surface area (Å²) in [7, 11) is 0. The standard InChI is InChI=1S/C19H19Cl2FN2O2/c1-11(14-8-17(22)16(21)9-15(14)20)23-19(26)10-18(24-12(2)25)13-6-4-3-5-7-13/h3-9,11,18H,10H2,1-2H3,(H,23,26)(H,24,25)/t11-,18-/m1/s1. The second-order valence-corrected chi connectivity index (χ2v) is 6.76. The van der Waals surface area contributed by atoms with Crippen LogP contribution < -0.4 is 10.6 Å². The van der Waals surface area contributed by atoms with E-state index in [9.17, 15) is 14.0 Å². The number of hydrogen-bond donors (Lipinski definition) is 2. The molecule has 0 fully saturated rings. The summed E-state index contributed by atoms with van der Waals surface area (Å²) in [4.78, 5) is 23.9. The number of hydrogen-bond acceptors (Lipinski definition) is 2. The van der Waals surface area contributed by atoms with Crippen LogP contribution in [0.5, 0.6) is 0 Å². The number of nitrogens with one attached hydrogen (secondary N) is 2. The van der Waals surface area contributed by atoms with Crippen LogP contribution >= 0.6 is 23.2 Å². The molecule has 0 bridgehead atoms. The second-order valence-electron chi connectivity index (χ2n) is 5.94.